The quantitative estimate of drug-likeness (QED) is 0.857. The SMILES string of the molecule is NCc1cccc(C(=O)N2CCN3C(=O)CCC3C2)c1. The van der Waals surface area contributed by atoms with Crippen molar-refractivity contribution in [2.45, 2.75) is 25.4 Å². The van der Waals surface area contributed by atoms with E-state index in [-0.39, 0.29) is 17.9 Å². The first-order valence-electron chi connectivity index (χ1n) is 7.07. The van der Waals surface area contributed by atoms with E-state index in [1.165, 1.54) is 0 Å². The Morgan fingerprint density at radius 3 is 3.00 bits per heavy atom. The fourth-order valence-electron chi connectivity index (χ4n) is 3.06. The molecule has 1 aromatic rings. The van der Waals surface area contributed by atoms with Gasteiger partial charge in [0.05, 0.1) is 0 Å². The molecule has 3 rings (SSSR count). The Bertz CT molecular complexity index is 544. The van der Waals surface area contributed by atoms with E-state index in [0.29, 0.717) is 38.2 Å². The normalized spacial score (nSPS) is 22.1. The van der Waals surface area contributed by atoms with Gasteiger partial charge >= 0.3 is 0 Å². The number of benzene rings is 1. The zero-order valence-electron chi connectivity index (χ0n) is 11.4. The Kier molecular flexibility index (Phi) is 3.44. The van der Waals surface area contributed by atoms with Gasteiger partial charge in [-0.1, -0.05) is 12.1 Å². The molecule has 1 atom stereocenters. The van der Waals surface area contributed by atoms with Gasteiger partial charge in [0.25, 0.3) is 5.91 Å². The molecule has 5 heteroatoms. The maximum atomic E-state index is 12.5. The second-order valence-corrected chi connectivity index (χ2v) is 5.44. The van der Waals surface area contributed by atoms with E-state index in [9.17, 15) is 9.59 Å². The molecule has 2 amide bonds. The summed E-state index contributed by atoms with van der Waals surface area (Å²) < 4.78 is 0. The van der Waals surface area contributed by atoms with Crippen LogP contribution in [0.4, 0.5) is 0 Å². The first-order valence-corrected chi connectivity index (χ1v) is 7.07. The summed E-state index contributed by atoms with van der Waals surface area (Å²) in [6, 6.07) is 7.68. The van der Waals surface area contributed by atoms with Crippen LogP contribution in [0.3, 0.4) is 0 Å². The van der Waals surface area contributed by atoms with Crippen LogP contribution in [0.2, 0.25) is 0 Å². The van der Waals surface area contributed by atoms with E-state index in [2.05, 4.69) is 0 Å². The highest BCUT2D eigenvalue weighted by molar-refractivity contribution is 5.94. The monoisotopic (exact) mass is 273 g/mol. The standard InChI is InChI=1S/C15H19N3O2/c16-9-11-2-1-3-12(8-11)15(20)17-6-7-18-13(10-17)4-5-14(18)19/h1-3,8,13H,4-7,9-10,16H2. The van der Waals surface area contributed by atoms with Crippen LogP contribution in [0.25, 0.3) is 0 Å². The molecule has 0 radical (unpaired) electrons. The first-order chi connectivity index (χ1) is 9.69. The summed E-state index contributed by atoms with van der Waals surface area (Å²) in [5, 5.41) is 0. The molecule has 20 heavy (non-hydrogen) atoms. The Hall–Kier alpha value is -1.88. The number of hydrogen-bond donors (Lipinski definition) is 1. The van der Waals surface area contributed by atoms with E-state index in [1.807, 2.05) is 34.1 Å². The molecule has 1 aromatic carbocycles. The number of hydrogen-bond acceptors (Lipinski definition) is 3. The van der Waals surface area contributed by atoms with Gasteiger partial charge in [0.2, 0.25) is 5.91 Å². The van der Waals surface area contributed by atoms with Gasteiger partial charge in [-0.15, -0.1) is 0 Å². The van der Waals surface area contributed by atoms with Crippen LogP contribution < -0.4 is 5.73 Å². The summed E-state index contributed by atoms with van der Waals surface area (Å²) in [6.07, 6.45) is 1.49. The average Bonchev–Trinajstić information content (AvgIpc) is 2.87. The van der Waals surface area contributed by atoms with E-state index < -0.39 is 0 Å². The molecule has 2 aliphatic heterocycles. The predicted octanol–water partition coefficient (Wildman–Crippen LogP) is 0.592. The highest BCUT2D eigenvalue weighted by Crippen LogP contribution is 2.23. The molecule has 2 fully saturated rings. The first kappa shape index (κ1) is 13.1. The van der Waals surface area contributed by atoms with Crippen LogP contribution >= 0.6 is 0 Å². The zero-order valence-corrected chi connectivity index (χ0v) is 11.4. The summed E-state index contributed by atoms with van der Waals surface area (Å²) in [5.41, 5.74) is 7.26. The number of nitrogens with zero attached hydrogens (tertiary/aromatic N) is 2. The van der Waals surface area contributed by atoms with Gasteiger partial charge in [-0.05, 0) is 24.1 Å². The Morgan fingerprint density at radius 2 is 2.20 bits per heavy atom. The second-order valence-electron chi connectivity index (χ2n) is 5.44. The van der Waals surface area contributed by atoms with Crippen molar-refractivity contribution in [1.29, 1.82) is 0 Å². The highest BCUT2D eigenvalue weighted by Gasteiger charge is 2.36. The van der Waals surface area contributed by atoms with E-state index >= 15 is 0 Å². The molecular formula is C15H19N3O2. The summed E-state index contributed by atoms with van der Waals surface area (Å²) in [5.74, 6) is 0.270. The number of rotatable bonds is 2. The number of piperazine rings is 1. The van der Waals surface area contributed by atoms with Gasteiger partial charge in [-0.2, -0.15) is 0 Å². The van der Waals surface area contributed by atoms with Gasteiger partial charge in [-0.25, -0.2) is 0 Å². The highest BCUT2D eigenvalue weighted by atomic mass is 16.2. The largest absolute Gasteiger partial charge is 0.336 e. The molecule has 0 spiro atoms. The lowest BCUT2D eigenvalue weighted by molar-refractivity contribution is -0.130. The number of nitrogens with two attached hydrogens (primary N) is 1. The van der Waals surface area contributed by atoms with Crippen molar-refractivity contribution in [2.24, 2.45) is 5.73 Å². The van der Waals surface area contributed by atoms with Crippen LogP contribution in [0.5, 0.6) is 0 Å². The fraction of sp³-hybridized carbons (Fsp3) is 0.467. The molecule has 1 unspecified atom stereocenters. The zero-order chi connectivity index (χ0) is 14.1. The molecule has 2 saturated heterocycles. The van der Waals surface area contributed by atoms with Crippen molar-refractivity contribution >= 4 is 11.8 Å². The molecule has 2 N–H and O–H groups in total. The molecule has 0 aromatic heterocycles. The topological polar surface area (TPSA) is 66.6 Å². The smallest absolute Gasteiger partial charge is 0.253 e. The lowest BCUT2D eigenvalue weighted by atomic mass is 10.1. The lowest BCUT2D eigenvalue weighted by Crippen LogP contribution is -2.53. The lowest BCUT2D eigenvalue weighted by Gasteiger charge is -2.37. The van der Waals surface area contributed by atoms with Crippen LogP contribution in [0.1, 0.15) is 28.8 Å². The predicted molar refractivity (Wildman–Crippen MR) is 75.0 cm³/mol. The summed E-state index contributed by atoms with van der Waals surface area (Å²) in [7, 11) is 0. The van der Waals surface area contributed by atoms with Crippen molar-refractivity contribution in [1.82, 2.24) is 9.80 Å². The minimum absolute atomic E-state index is 0.0410. The summed E-state index contributed by atoms with van der Waals surface area (Å²) in [4.78, 5) is 27.9. The van der Waals surface area contributed by atoms with Gasteiger partial charge in [0, 0.05) is 44.2 Å². The maximum Gasteiger partial charge on any atom is 0.253 e. The number of carbonyl (C=O) groups excluding carboxylic acids is 2. The van der Waals surface area contributed by atoms with E-state index in [0.717, 1.165) is 12.0 Å². The summed E-state index contributed by atoms with van der Waals surface area (Å²) >= 11 is 0. The third kappa shape index (κ3) is 2.29. The third-order valence-electron chi connectivity index (χ3n) is 4.19. The van der Waals surface area contributed by atoms with Crippen molar-refractivity contribution in [3.05, 3.63) is 35.4 Å². The number of carbonyl (C=O) groups is 2. The maximum absolute atomic E-state index is 12.5. The summed E-state index contributed by atoms with van der Waals surface area (Å²) in [6.45, 7) is 2.36. The minimum atomic E-state index is 0.0410. The van der Waals surface area contributed by atoms with Crippen LogP contribution in [0.15, 0.2) is 24.3 Å². The van der Waals surface area contributed by atoms with Crippen LogP contribution in [-0.2, 0) is 11.3 Å². The number of fused-ring (bicyclic) bond motifs is 1. The molecule has 0 bridgehead atoms. The Balaban J connectivity index is 1.73. The van der Waals surface area contributed by atoms with Gasteiger partial charge < -0.3 is 15.5 Å². The van der Waals surface area contributed by atoms with E-state index in [1.54, 1.807) is 0 Å². The van der Waals surface area contributed by atoms with Crippen molar-refractivity contribution in [3.8, 4) is 0 Å². The third-order valence-corrected chi connectivity index (χ3v) is 4.19. The average molecular weight is 273 g/mol. The van der Waals surface area contributed by atoms with Gasteiger partial charge in [0.1, 0.15) is 0 Å². The molecule has 0 aliphatic carbocycles. The van der Waals surface area contributed by atoms with Crippen LogP contribution in [-0.4, -0.2) is 47.3 Å². The van der Waals surface area contributed by atoms with E-state index in [4.69, 9.17) is 5.73 Å². The molecule has 2 aliphatic rings. The van der Waals surface area contributed by atoms with Crippen molar-refractivity contribution in [2.75, 3.05) is 19.6 Å². The Labute approximate surface area is 118 Å². The van der Waals surface area contributed by atoms with Gasteiger partial charge in [0.15, 0.2) is 0 Å². The van der Waals surface area contributed by atoms with Crippen molar-refractivity contribution < 1.29 is 9.59 Å². The minimum Gasteiger partial charge on any atom is -0.336 e. The molecular weight excluding hydrogens is 254 g/mol. The fourth-order valence-corrected chi connectivity index (χ4v) is 3.06. The van der Waals surface area contributed by atoms with Crippen LogP contribution in [0, 0.1) is 0 Å². The van der Waals surface area contributed by atoms with Crippen molar-refractivity contribution in [3.63, 3.8) is 0 Å². The number of amides is 2. The molecule has 106 valence electrons. The molecule has 0 saturated carbocycles. The van der Waals surface area contributed by atoms with Gasteiger partial charge in [-0.3, -0.25) is 9.59 Å². The molecule has 2 heterocycles. The Morgan fingerprint density at radius 1 is 1.35 bits per heavy atom. The second kappa shape index (κ2) is 5.25. The molecule has 5 nitrogen and oxygen atoms in total.